The third-order valence-corrected chi connectivity index (χ3v) is 3.91. The first-order valence-corrected chi connectivity index (χ1v) is 6.35. The van der Waals surface area contributed by atoms with Crippen LogP contribution in [-0.2, 0) is 9.59 Å². The number of anilines is 1. The Hall–Kier alpha value is -1.36. The highest BCUT2D eigenvalue weighted by Gasteiger charge is 2.42. The van der Waals surface area contributed by atoms with Gasteiger partial charge in [0.25, 0.3) is 0 Å². The van der Waals surface area contributed by atoms with Crippen LogP contribution in [0.5, 0.6) is 0 Å². The number of hydrogen-bond acceptors (Lipinski definition) is 3. The SMILES string of the molecule is O=C1C2CCCN2C(=O)CN1c1ccsc1. The Kier molecular flexibility index (Phi) is 2.21. The molecule has 4 nitrogen and oxygen atoms in total. The Bertz CT molecular complexity index is 429. The number of fused-ring (bicyclic) bond motifs is 1. The highest BCUT2D eigenvalue weighted by atomic mass is 32.1. The summed E-state index contributed by atoms with van der Waals surface area (Å²) < 4.78 is 0. The summed E-state index contributed by atoms with van der Waals surface area (Å²) in [5.41, 5.74) is 0.856. The van der Waals surface area contributed by atoms with E-state index in [4.69, 9.17) is 0 Å². The monoisotopic (exact) mass is 236 g/mol. The van der Waals surface area contributed by atoms with Gasteiger partial charge in [0.2, 0.25) is 11.8 Å². The predicted octanol–water partition coefficient (Wildman–Crippen LogP) is 1.09. The van der Waals surface area contributed by atoms with Crippen LogP contribution in [0.3, 0.4) is 0 Å². The van der Waals surface area contributed by atoms with Crippen LogP contribution in [-0.4, -0.2) is 35.8 Å². The number of carbonyl (C=O) groups is 2. The maximum Gasteiger partial charge on any atom is 0.250 e. The average Bonchev–Trinajstić information content (AvgIpc) is 2.92. The third kappa shape index (κ3) is 1.35. The Labute approximate surface area is 97.5 Å². The minimum atomic E-state index is -0.207. The molecule has 0 spiro atoms. The fraction of sp³-hybridized carbons (Fsp3) is 0.455. The van der Waals surface area contributed by atoms with Crippen molar-refractivity contribution in [3.8, 4) is 0 Å². The lowest BCUT2D eigenvalue weighted by Gasteiger charge is -2.35. The summed E-state index contributed by atoms with van der Waals surface area (Å²) in [6, 6.07) is 1.68. The van der Waals surface area contributed by atoms with E-state index in [1.807, 2.05) is 16.8 Å². The van der Waals surface area contributed by atoms with Crippen LogP contribution in [0.2, 0.25) is 0 Å². The standard InChI is InChI=1S/C11H12N2O2S/c14-10-6-13(8-3-5-16-7-8)11(15)9-2-1-4-12(9)10/h3,5,7,9H,1-2,4,6H2. The van der Waals surface area contributed by atoms with Crippen molar-refractivity contribution in [2.45, 2.75) is 18.9 Å². The van der Waals surface area contributed by atoms with E-state index in [0.29, 0.717) is 0 Å². The lowest BCUT2D eigenvalue weighted by Crippen LogP contribution is -2.57. The van der Waals surface area contributed by atoms with Crippen molar-refractivity contribution in [2.24, 2.45) is 0 Å². The van der Waals surface area contributed by atoms with Crippen molar-refractivity contribution in [1.82, 2.24) is 4.90 Å². The Balaban J connectivity index is 1.92. The third-order valence-electron chi connectivity index (χ3n) is 3.24. The molecule has 0 saturated carbocycles. The molecule has 0 aromatic carbocycles. The summed E-state index contributed by atoms with van der Waals surface area (Å²) in [6.45, 7) is 0.943. The predicted molar refractivity (Wildman–Crippen MR) is 61.4 cm³/mol. The first kappa shape index (κ1) is 9.84. The van der Waals surface area contributed by atoms with E-state index in [9.17, 15) is 9.59 Å². The second-order valence-electron chi connectivity index (χ2n) is 4.15. The fourth-order valence-corrected chi connectivity index (χ4v) is 3.08. The van der Waals surface area contributed by atoms with Gasteiger partial charge in [-0.25, -0.2) is 0 Å². The van der Waals surface area contributed by atoms with E-state index in [0.717, 1.165) is 25.1 Å². The molecule has 2 saturated heterocycles. The molecule has 1 atom stereocenters. The molecular weight excluding hydrogens is 224 g/mol. The smallest absolute Gasteiger partial charge is 0.250 e. The highest BCUT2D eigenvalue weighted by Crippen LogP contribution is 2.28. The fourth-order valence-electron chi connectivity index (χ4n) is 2.44. The number of amides is 2. The van der Waals surface area contributed by atoms with Crippen LogP contribution >= 0.6 is 11.3 Å². The molecule has 0 aliphatic carbocycles. The van der Waals surface area contributed by atoms with Gasteiger partial charge in [0.15, 0.2) is 0 Å². The maximum atomic E-state index is 12.2. The zero-order chi connectivity index (χ0) is 11.1. The molecule has 3 rings (SSSR count). The van der Waals surface area contributed by atoms with Crippen LogP contribution < -0.4 is 4.90 Å². The van der Waals surface area contributed by atoms with Gasteiger partial charge in [-0.3, -0.25) is 9.59 Å². The van der Waals surface area contributed by atoms with Gasteiger partial charge in [-0.15, -0.1) is 0 Å². The number of nitrogens with zero attached hydrogens (tertiary/aromatic N) is 2. The molecule has 5 heteroatoms. The Morgan fingerprint density at radius 1 is 1.38 bits per heavy atom. The van der Waals surface area contributed by atoms with Crippen LogP contribution in [0.25, 0.3) is 0 Å². The van der Waals surface area contributed by atoms with E-state index in [1.54, 1.807) is 21.1 Å². The van der Waals surface area contributed by atoms with E-state index >= 15 is 0 Å². The molecule has 2 aliphatic rings. The quantitative estimate of drug-likeness (QED) is 0.732. The molecule has 2 fully saturated rings. The highest BCUT2D eigenvalue weighted by molar-refractivity contribution is 7.08. The Morgan fingerprint density at radius 2 is 2.25 bits per heavy atom. The Morgan fingerprint density at radius 3 is 3.00 bits per heavy atom. The zero-order valence-corrected chi connectivity index (χ0v) is 9.57. The minimum Gasteiger partial charge on any atom is -0.329 e. The van der Waals surface area contributed by atoms with Crippen molar-refractivity contribution in [3.63, 3.8) is 0 Å². The topological polar surface area (TPSA) is 40.6 Å². The molecule has 2 amide bonds. The summed E-state index contributed by atoms with van der Waals surface area (Å²) >= 11 is 1.54. The number of thiophene rings is 1. The molecule has 3 heterocycles. The van der Waals surface area contributed by atoms with Crippen molar-refractivity contribution < 1.29 is 9.59 Å². The first-order valence-electron chi connectivity index (χ1n) is 5.40. The number of hydrogen-bond donors (Lipinski definition) is 0. The number of piperazine rings is 1. The molecule has 16 heavy (non-hydrogen) atoms. The lowest BCUT2D eigenvalue weighted by molar-refractivity contribution is -0.140. The van der Waals surface area contributed by atoms with E-state index in [2.05, 4.69) is 0 Å². The minimum absolute atomic E-state index is 0.0771. The zero-order valence-electron chi connectivity index (χ0n) is 8.76. The van der Waals surface area contributed by atoms with Gasteiger partial charge in [0.1, 0.15) is 12.6 Å². The van der Waals surface area contributed by atoms with Crippen LogP contribution in [0, 0.1) is 0 Å². The summed E-state index contributed by atoms with van der Waals surface area (Å²) in [6.07, 6.45) is 1.75. The van der Waals surface area contributed by atoms with E-state index < -0.39 is 0 Å². The summed E-state index contributed by atoms with van der Waals surface area (Å²) in [4.78, 5) is 27.4. The van der Waals surface area contributed by atoms with E-state index in [-0.39, 0.29) is 24.4 Å². The lowest BCUT2D eigenvalue weighted by atomic mass is 10.1. The van der Waals surface area contributed by atoms with Gasteiger partial charge in [0.05, 0.1) is 5.69 Å². The van der Waals surface area contributed by atoms with Crippen molar-refractivity contribution in [2.75, 3.05) is 18.0 Å². The van der Waals surface area contributed by atoms with Gasteiger partial charge in [-0.1, -0.05) is 0 Å². The normalized spacial score (nSPS) is 25.1. The molecule has 1 aromatic rings. The van der Waals surface area contributed by atoms with Crippen molar-refractivity contribution in [3.05, 3.63) is 16.8 Å². The summed E-state index contributed by atoms with van der Waals surface area (Å²) in [7, 11) is 0. The molecule has 84 valence electrons. The number of carbonyl (C=O) groups excluding carboxylic acids is 2. The second kappa shape index (κ2) is 3.59. The first-order chi connectivity index (χ1) is 7.77. The van der Waals surface area contributed by atoms with E-state index in [1.165, 1.54) is 0 Å². The van der Waals surface area contributed by atoms with Crippen molar-refractivity contribution >= 4 is 28.8 Å². The van der Waals surface area contributed by atoms with Gasteiger partial charge in [0, 0.05) is 11.9 Å². The molecule has 0 radical (unpaired) electrons. The molecule has 1 aromatic heterocycles. The van der Waals surface area contributed by atoms with Crippen LogP contribution in [0.4, 0.5) is 5.69 Å². The van der Waals surface area contributed by atoms with Gasteiger partial charge in [-0.05, 0) is 24.3 Å². The molecule has 0 bridgehead atoms. The van der Waals surface area contributed by atoms with Crippen LogP contribution in [0.1, 0.15) is 12.8 Å². The van der Waals surface area contributed by atoms with Gasteiger partial charge < -0.3 is 9.80 Å². The second-order valence-corrected chi connectivity index (χ2v) is 4.93. The largest absolute Gasteiger partial charge is 0.329 e. The molecule has 0 N–H and O–H groups in total. The average molecular weight is 236 g/mol. The maximum absolute atomic E-state index is 12.2. The molecular formula is C11H12N2O2S. The van der Waals surface area contributed by atoms with Gasteiger partial charge in [-0.2, -0.15) is 11.3 Å². The molecule has 2 aliphatic heterocycles. The summed E-state index contributed by atoms with van der Waals surface area (Å²) in [5.74, 6) is 0.156. The van der Waals surface area contributed by atoms with Gasteiger partial charge >= 0.3 is 0 Å². The van der Waals surface area contributed by atoms with Crippen LogP contribution in [0.15, 0.2) is 16.8 Å². The molecule has 1 unspecified atom stereocenters. The summed E-state index contributed by atoms with van der Waals surface area (Å²) in [5, 5.41) is 3.84. The van der Waals surface area contributed by atoms with Crippen molar-refractivity contribution in [1.29, 1.82) is 0 Å². The number of rotatable bonds is 1.